The SMILES string of the molecule is Cc1noc(C(C)C)c1C(=O)NCC(N1CCNCC1)C(F)(F)F.Cl. The van der Waals surface area contributed by atoms with Gasteiger partial charge >= 0.3 is 6.18 Å². The van der Waals surface area contributed by atoms with Gasteiger partial charge in [0, 0.05) is 38.6 Å². The molecule has 144 valence electrons. The predicted molar refractivity (Wildman–Crippen MR) is 89.2 cm³/mol. The third kappa shape index (κ3) is 5.32. The Morgan fingerprint density at radius 2 is 1.96 bits per heavy atom. The molecule has 0 aromatic carbocycles. The standard InChI is InChI=1S/C15H23F3N4O2.ClH/c1-9(2)13-12(10(3)21-24-13)14(23)20-8-11(15(16,17)18)22-6-4-19-5-7-22;/h9,11,19H,4-8H2,1-3H3,(H,20,23);1H. The van der Waals surface area contributed by atoms with Crippen molar-refractivity contribution >= 4 is 18.3 Å². The van der Waals surface area contributed by atoms with Gasteiger partial charge in [-0.15, -0.1) is 12.4 Å². The molecular formula is C15H24ClF3N4O2. The van der Waals surface area contributed by atoms with Crippen molar-refractivity contribution in [3.63, 3.8) is 0 Å². The summed E-state index contributed by atoms with van der Waals surface area (Å²) in [6.07, 6.45) is -4.41. The fourth-order valence-electron chi connectivity index (χ4n) is 2.78. The van der Waals surface area contributed by atoms with Gasteiger partial charge in [-0.05, 0) is 6.92 Å². The van der Waals surface area contributed by atoms with Crippen molar-refractivity contribution in [1.29, 1.82) is 0 Å². The quantitative estimate of drug-likeness (QED) is 0.813. The largest absolute Gasteiger partial charge is 0.405 e. The van der Waals surface area contributed by atoms with Crippen LogP contribution in [0.5, 0.6) is 0 Å². The minimum atomic E-state index is -4.41. The lowest BCUT2D eigenvalue weighted by Gasteiger charge is -2.35. The summed E-state index contributed by atoms with van der Waals surface area (Å²) in [7, 11) is 0. The van der Waals surface area contributed by atoms with Crippen molar-refractivity contribution in [2.75, 3.05) is 32.7 Å². The molecule has 1 fully saturated rings. The molecule has 0 aliphatic carbocycles. The number of rotatable bonds is 5. The van der Waals surface area contributed by atoms with Crippen LogP contribution in [0.3, 0.4) is 0 Å². The van der Waals surface area contributed by atoms with E-state index in [1.54, 1.807) is 6.92 Å². The van der Waals surface area contributed by atoms with E-state index in [0.29, 0.717) is 37.6 Å². The number of hydrogen-bond donors (Lipinski definition) is 2. The van der Waals surface area contributed by atoms with Crippen LogP contribution in [0.2, 0.25) is 0 Å². The number of hydrogen-bond acceptors (Lipinski definition) is 5. The number of aryl methyl sites for hydroxylation is 1. The van der Waals surface area contributed by atoms with Crippen LogP contribution in [-0.2, 0) is 0 Å². The molecule has 0 spiro atoms. The van der Waals surface area contributed by atoms with Crippen molar-refractivity contribution in [1.82, 2.24) is 20.7 Å². The summed E-state index contributed by atoms with van der Waals surface area (Å²) in [4.78, 5) is 13.7. The van der Waals surface area contributed by atoms with Gasteiger partial charge in [0.25, 0.3) is 5.91 Å². The Labute approximate surface area is 150 Å². The van der Waals surface area contributed by atoms with Crippen LogP contribution in [-0.4, -0.2) is 60.9 Å². The molecule has 25 heavy (non-hydrogen) atoms. The fourth-order valence-corrected chi connectivity index (χ4v) is 2.78. The number of carbonyl (C=O) groups excluding carboxylic acids is 1. The zero-order valence-corrected chi connectivity index (χ0v) is 15.3. The molecule has 2 rings (SSSR count). The molecule has 1 unspecified atom stereocenters. The topological polar surface area (TPSA) is 70.4 Å². The van der Waals surface area contributed by atoms with E-state index in [0.717, 1.165) is 0 Å². The van der Waals surface area contributed by atoms with Crippen molar-refractivity contribution in [2.24, 2.45) is 0 Å². The lowest BCUT2D eigenvalue weighted by atomic mass is 10.0. The van der Waals surface area contributed by atoms with Crippen LogP contribution in [0.15, 0.2) is 4.52 Å². The van der Waals surface area contributed by atoms with E-state index in [4.69, 9.17) is 4.52 Å². The average Bonchev–Trinajstić information content (AvgIpc) is 2.89. The molecule has 10 heteroatoms. The maximum Gasteiger partial charge on any atom is 0.405 e. The molecule has 1 atom stereocenters. The Morgan fingerprint density at radius 3 is 2.48 bits per heavy atom. The molecule has 1 aliphatic rings. The molecule has 1 aromatic rings. The van der Waals surface area contributed by atoms with Crippen LogP contribution < -0.4 is 10.6 Å². The first-order valence-electron chi connectivity index (χ1n) is 7.97. The van der Waals surface area contributed by atoms with Gasteiger partial charge in [-0.25, -0.2) is 0 Å². The van der Waals surface area contributed by atoms with Gasteiger partial charge in [0.05, 0.1) is 5.69 Å². The molecule has 0 radical (unpaired) electrons. The molecule has 6 nitrogen and oxygen atoms in total. The highest BCUT2D eigenvalue weighted by atomic mass is 35.5. The number of nitrogens with one attached hydrogen (secondary N) is 2. The fraction of sp³-hybridized carbons (Fsp3) is 0.733. The number of aromatic nitrogens is 1. The molecule has 1 saturated heterocycles. The van der Waals surface area contributed by atoms with Gasteiger partial charge in [-0.1, -0.05) is 19.0 Å². The zero-order chi connectivity index (χ0) is 17.9. The maximum absolute atomic E-state index is 13.3. The zero-order valence-electron chi connectivity index (χ0n) is 14.4. The Morgan fingerprint density at radius 1 is 1.36 bits per heavy atom. The average molecular weight is 385 g/mol. The van der Waals surface area contributed by atoms with Crippen LogP contribution in [0.4, 0.5) is 13.2 Å². The first-order chi connectivity index (χ1) is 11.2. The molecule has 1 aromatic heterocycles. The summed E-state index contributed by atoms with van der Waals surface area (Å²) in [5, 5.41) is 9.17. The van der Waals surface area contributed by atoms with Gasteiger partial charge in [0.1, 0.15) is 11.6 Å². The minimum Gasteiger partial charge on any atom is -0.360 e. The molecular weight excluding hydrogens is 361 g/mol. The van der Waals surface area contributed by atoms with E-state index in [1.165, 1.54) is 4.90 Å². The normalized spacial score (nSPS) is 17.2. The number of alkyl halides is 3. The van der Waals surface area contributed by atoms with Crippen LogP contribution in [0.25, 0.3) is 0 Å². The Kier molecular flexibility index (Phi) is 7.70. The molecule has 0 saturated carbocycles. The van der Waals surface area contributed by atoms with E-state index < -0.39 is 24.7 Å². The lowest BCUT2D eigenvalue weighted by Crippen LogP contribution is -2.57. The first kappa shape index (κ1) is 21.7. The first-order valence-corrected chi connectivity index (χ1v) is 7.97. The molecule has 1 amide bonds. The molecule has 0 bridgehead atoms. The maximum atomic E-state index is 13.3. The summed E-state index contributed by atoms with van der Waals surface area (Å²) in [6, 6.07) is -1.70. The van der Waals surface area contributed by atoms with Gasteiger partial charge in [-0.2, -0.15) is 13.2 Å². The second-order valence-electron chi connectivity index (χ2n) is 6.22. The molecule has 1 aliphatic heterocycles. The van der Waals surface area contributed by atoms with Crippen molar-refractivity contribution in [3.8, 4) is 0 Å². The smallest absolute Gasteiger partial charge is 0.360 e. The van der Waals surface area contributed by atoms with Crippen molar-refractivity contribution in [2.45, 2.75) is 38.9 Å². The monoisotopic (exact) mass is 384 g/mol. The lowest BCUT2D eigenvalue weighted by molar-refractivity contribution is -0.183. The van der Waals surface area contributed by atoms with Crippen LogP contribution >= 0.6 is 12.4 Å². The molecule has 2 heterocycles. The number of halogens is 4. The van der Waals surface area contributed by atoms with Gasteiger partial charge < -0.3 is 15.2 Å². The van der Waals surface area contributed by atoms with E-state index in [1.807, 2.05) is 13.8 Å². The third-order valence-electron chi connectivity index (χ3n) is 4.07. The number of piperazine rings is 1. The van der Waals surface area contributed by atoms with Crippen LogP contribution in [0.1, 0.15) is 41.6 Å². The van der Waals surface area contributed by atoms with Crippen molar-refractivity contribution in [3.05, 3.63) is 17.0 Å². The van der Waals surface area contributed by atoms with E-state index in [2.05, 4.69) is 15.8 Å². The highest BCUT2D eigenvalue weighted by molar-refractivity contribution is 5.96. The molecule has 2 N–H and O–H groups in total. The highest BCUT2D eigenvalue weighted by Gasteiger charge is 2.44. The van der Waals surface area contributed by atoms with E-state index >= 15 is 0 Å². The van der Waals surface area contributed by atoms with Crippen LogP contribution in [0, 0.1) is 6.92 Å². The van der Waals surface area contributed by atoms with Gasteiger partial charge in [-0.3, -0.25) is 9.69 Å². The van der Waals surface area contributed by atoms with E-state index in [-0.39, 0.29) is 23.9 Å². The summed E-state index contributed by atoms with van der Waals surface area (Å²) in [6.45, 7) is 6.36. The van der Waals surface area contributed by atoms with E-state index in [9.17, 15) is 18.0 Å². The Balaban J connectivity index is 0.00000312. The summed E-state index contributed by atoms with van der Waals surface area (Å²) >= 11 is 0. The van der Waals surface area contributed by atoms with Crippen molar-refractivity contribution < 1.29 is 22.5 Å². The summed E-state index contributed by atoms with van der Waals surface area (Å²) < 4.78 is 45.1. The minimum absolute atomic E-state index is 0. The highest BCUT2D eigenvalue weighted by Crippen LogP contribution is 2.26. The summed E-state index contributed by atoms with van der Waals surface area (Å²) in [5.74, 6) is -0.281. The number of nitrogens with zero attached hydrogens (tertiary/aromatic N) is 2. The second kappa shape index (κ2) is 8.86. The van der Waals surface area contributed by atoms with Gasteiger partial charge in [0.2, 0.25) is 0 Å². The Hall–Kier alpha value is -1.32. The second-order valence-corrected chi connectivity index (χ2v) is 6.22. The predicted octanol–water partition coefficient (Wildman–Crippen LogP) is 2.09. The summed E-state index contributed by atoms with van der Waals surface area (Å²) in [5.41, 5.74) is 0.605. The van der Waals surface area contributed by atoms with Gasteiger partial charge in [0.15, 0.2) is 5.76 Å². The third-order valence-corrected chi connectivity index (χ3v) is 4.07. The Bertz CT molecular complexity index is 572. The number of amides is 1. The number of carbonyl (C=O) groups is 1.